The lowest BCUT2D eigenvalue weighted by atomic mass is 9.93. The monoisotopic (exact) mass is 370 g/mol. The molecule has 2 aliphatic carbocycles. The summed E-state index contributed by atoms with van der Waals surface area (Å²) >= 11 is 6.55. The lowest BCUT2D eigenvalue weighted by Crippen LogP contribution is -2.41. The molecule has 0 unspecified atom stereocenters. The Morgan fingerprint density at radius 1 is 1.12 bits per heavy atom. The van der Waals surface area contributed by atoms with E-state index >= 15 is 0 Å². The summed E-state index contributed by atoms with van der Waals surface area (Å²) in [7, 11) is 0. The molecule has 1 aromatic heterocycles. The molecule has 0 saturated heterocycles. The van der Waals surface area contributed by atoms with Crippen molar-refractivity contribution in [2.75, 3.05) is 0 Å². The van der Waals surface area contributed by atoms with Crippen molar-refractivity contribution >= 4 is 28.4 Å². The molecule has 2 saturated carbocycles. The predicted octanol–water partition coefficient (Wildman–Crippen LogP) is 5.58. The lowest BCUT2D eigenvalue weighted by Gasteiger charge is -2.35. The van der Waals surface area contributed by atoms with Gasteiger partial charge in [-0.05, 0) is 57.2 Å². The van der Waals surface area contributed by atoms with Crippen LogP contribution in [0.4, 0.5) is 0 Å². The highest BCUT2D eigenvalue weighted by Gasteiger charge is 2.36. The summed E-state index contributed by atoms with van der Waals surface area (Å²) < 4.78 is 0. The van der Waals surface area contributed by atoms with Crippen LogP contribution < -0.4 is 0 Å². The molecule has 1 amide bonds. The highest BCUT2D eigenvalue weighted by Crippen LogP contribution is 2.35. The van der Waals surface area contributed by atoms with Crippen LogP contribution in [0.15, 0.2) is 18.2 Å². The summed E-state index contributed by atoms with van der Waals surface area (Å²) in [6.45, 7) is 4.77. The molecule has 2 aromatic rings. The van der Waals surface area contributed by atoms with E-state index in [1.54, 1.807) is 0 Å². The summed E-state index contributed by atoms with van der Waals surface area (Å²) in [4.78, 5) is 19.7. The molecule has 1 aromatic carbocycles. The van der Waals surface area contributed by atoms with E-state index in [4.69, 9.17) is 11.6 Å². The van der Waals surface area contributed by atoms with Gasteiger partial charge in [0.1, 0.15) is 5.15 Å². The van der Waals surface area contributed by atoms with Crippen LogP contribution in [-0.4, -0.2) is 21.8 Å². The van der Waals surface area contributed by atoms with Gasteiger partial charge in [-0.2, -0.15) is 0 Å². The SMILES string of the molecule is Cc1cc(C)c2nc(Cl)c(CN(C(=O)C3CC3)C3CCCCC3)cc2c1. The average Bonchev–Trinajstić information content (AvgIpc) is 3.46. The van der Waals surface area contributed by atoms with Crippen molar-refractivity contribution in [3.63, 3.8) is 0 Å². The molecular formula is C22H27ClN2O. The van der Waals surface area contributed by atoms with Gasteiger partial charge in [-0.1, -0.05) is 42.5 Å². The van der Waals surface area contributed by atoms with E-state index in [1.165, 1.54) is 24.8 Å². The standard InChI is InChI=1S/C22H27ClN2O/c1-14-10-15(2)20-17(11-14)12-18(21(23)24-20)13-25(22(26)16-8-9-16)19-6-4-3-5-7-19/h10-12,16,19H,3-9,13H2,1-2H3. The first kappa shape index (κ1) is 17.8. The van der Waals surface area contributed by atoms with E-state index in [2.05, 4.69) is 41.9 Å². The zero-order valence-electron chi connectivity index (χ0n) is 15.7. The van der Waals surface area contributed by atoms with E-state index in [-0.39, 0.29) is 5.92 Å². The molecule has 138 valence electrons. The maximum absolute atomic E-state index is 13.0. The quantitative estimate of drug-likeness (QED) is 0.658. The largest absolute Gasteiger partial charge is 0.335 e. The number of nitrogens with zero attached hydrogens (tertiary/aromatic N) is 2. The number of rotatable bonds is 4. The number of hydrogen-bond acceptors (Lipinski definition) is 2. The smallest absolute Gasteiger partial charge is 0.226 e. The lowest BCUT2D eigenvalue weighted by molar-refractivity contribution is -0.136. The summed E-state index contributed by atoms with van der Waals surface area (Å²) in [6, 6.07) is 6.79. The van der Waals surface area contributed by atoms with Gasteiger partial charge in [-0.3, -0.25) is 4.79 Å². The van der Waals surface area contributed by atoms with E-state index in [9.17, 15) is 4.79 Å². The molecule has 2 aliphatic rings. The molecule has 4 heteroatoms. The third-order valence-corrected chi connectivity index (χ3v) is 6.17. The summed E-state index contributed by atoms with van der Waals surface area (Å²) in [5.41, 5.74) is 4.31. The van der Waals surface area contributed by atoms with Crippen LogP contribution in [0.1, 0.15) is 61.6 Å². The van der Waals surface area contributed by atoms with Gasteiger partial charge in [0.15, 0.2) is 0 Å². The Bertz CT molecular complexity index is 838. The Labute approximate surface area is 160 Å². The van der Waals surface area contributed by atoms with Crippen LogP contribution in [0.5, 0.6) is 0 Å². The molecule has 3 nitrogen and oxygen atoms in total. The number of pyridine rings is 1. The molecule has 4 rings (SSSR count). The van der Waals surface area contributed by atoms with Crippen molar-refractivity contribution in [2.24, 2.45) is 5.92 Å². The maximum Gasteiger partial charge on any atom is 0.226 e. The van der Waals surface area contributed by atoms with Crippen molar-refractivity contribution in [2.45, 2.75) is 71.4 Å². The van der Waals surface area contributed by atoms with Crippen molar-refractivity contribution in [1.29, 1.82) is 0 Å². The Morgan fingerprint density at radius 3 is 2.54 bits per heavy atom. The Hall–Kier alpha value is -1.61. The number of amides is 1. The second-order valence-electron chi connectivity index (χ2n) is 8.12. The number of hydrogen-bond donors (Lipinski definition) is 0. The molecule has 0 aliphatic heterocycles. The number of aryl methyl sites for hydroxylation is 2. The van der Waals surface area contributed by atoms with Gasteiger partial charge in [-0.25, -0.2) is 4.98 Å². The average molecular weight is 371 g/mol. The molecule has 0 radical (unpaired) electrons. The fourth-order valence-electron chi connectivity index (χ4n) is 4.31. The van der Waals surface area contributed by atoms with Crippen LogP contribution in [0, 0.1) is 19.8 Å². The minimum Gasteiger partial charge on any atom is -0.335 e. The summed E-state index contributed by atoms with van der Waals surface area (Å²) in [6.07, 6.45) is 8.07. The number of benzene rings is 1. The highest BCUT2D eigenvalue weighted by atomic mass is 35.5. The third-order valence-electron chi connectivity index (χ3n) is 5.84. The maximum atomic E-state index is 13.0. The number of carbonyl (C=O) groups is 1. The number of carbonyl (C=O) groups excluding carboxylic acids is 1. The van der Waals surface area contributed by atoms with Crippen molar-refractivity contribution in [3.05, 3.63) is 40.0 Å². The van der Waals surface area contributed by atoms with Crippen molar-refractivity contribution in [3.8, 4) is 0 Å². The second-order valence-corrected chi connectivity index (χ2v) is 8.48. The number of aromatic nitrogens is 1. The van der Waals surface area contributed by atoms with Gasteiger partial charge in [0.05, 0.1) is 5.52 Å². The predicted molar refractivity (Wildman–Crippen MR) is 106 cm³/mol. The fourth-order valence-corrected chi connectivity index (χ4v) is 4.51. The molecule has 0 N–H and O–H groups in total. The van der Waals surface area contributed by atoms with Gasteiger partial charge in [0.2, 0.25) is 5.91 Å². The minimum atomic E-state index is 0.244. The first-order valence-electron chi connectivity index (χ1n) is 9.90. The first-order valence-corrected chi connectivity index (χ1v) is 10.3. The normalized spacial score (nSPS) is 18.3. The second kappa shape index (κ2) is 7.19. The number of fused-ring (bicyclic) bond motifs is 1. The van der Waals surface area contributed by atoms with Crippen LogP contribution in [0.2, 0.25) is 5.15 Å². The molecule has 0 atom stereocenters. The molecule has 2 fully saturated rings. The van der Waals surface area contributed by atoms with Crippen molar-refractivity contribution in [1.82, 2.24) is 9.88 Å². The van der Waals surface area contributed by atoms with E-state index in [1.807, 2.05) is 0 Å². The molecule has 1 heterocycles. The summed E-state index contributed by atoms with van der Waals surface area (Å²) in [5, 5.41) is 1.65. The van der Waals surface area contributed by atoms with Crippen LogP contribution in [-0.2, 0) is 11.3 Å². The highest BCUT2D eigenvalue weighted by molar-refractivity contribution is 6.30. The van der Waals surface area contributed by atoms with E-state index in [0.29, 0.717) is 23.6 Å². The van der Waals surface area contributed by atoms with Gasteiger partial charge >= 0.3 is 0 Å². The van der Waals surface area contributed by atoms with Crippen LogP contribution >= 0.6 is 11.6 Å². The minimum absolute atomic E-state index is 0.244. The van der Waals surface area contributed by atoms with E-state index < -0.39 is 0 Å². The van der Waals surface area contributed by atoms with Gasteiger partial charge < -0.3 is 4.90 Å². The van der Waals surface area contributed by atoms with Gasteiger partial charge in [0, 0.05) is 29.5 Å². The molecule has 0 spiro atoms. The van der Waals surface area contributed by atoms with Crippen LogP contribution in [0.3, 0.4) is 0 Å². The Balaban J connectivity index is 1.67. The summed E-state index contributed by atoms with van der Waals surface area (Å²) in [5.74, 6) is 0.571. The third kappa shape index (κ3) is 3.59. The van der Waals surface area contributed by atoms with Gasteiger partial charge in [-0.15, -0.1) is 0 Å². The molecule has 26 heavy (non-hydrogen) atoms. The van der Waals surface area contributed by atoms with E-state index in [0.717, 1.165) is 47.7 Å². The zero-order valence-corrected chi connectivity index (χ0v) is 16.5. The Morgan fingerprint density at radius 2 is 1.85 bits per heavy atom. The number of halogens is 1. The van der Waals surface area contributed by atoms with Crippen LogP contribution in [0.25, 0.3) is 10.9 Å². The molecular weight excluding hydrogens is 344 g/mol. The zero-order chi connectivity index (χ0) is 18.3. The fraction of sp³-hybridized carbons (Fsp3) is 0.545. The first-order chi connectivity index (χ1) is 12.5. The Kier molecular flexibility index (Phi) is 4.92. The van der Waals surface area contributed by atoms with Crippen molar-refractivity contribution < 1.29 is 4.79 Å². The topological polar surface area (TPSA) is 33.2 Å². The van der Waals surface area contributed by atoms with Gasteiger partial charge in [0.25, 0.3) is 0 Å². The molecule has 0 bridgehead atoms.